The Bertz CT molecular complexity index is 69.8. The van der Waals surface area contributed by atoms with Crippen LogP contribution >= 0.6 is 24.8 Å². The standard InChI is InChI=1S/C5H11NO.2ClH/c6-4-5(7)2-1-3-5;;/h7H,1-4,6H2;2*1H. The number of hydrogen-bond donors (Lipinski definition) is 2. The molecular weight excluding hydrogens is 161 g/mol. The smallest absolute Gasteiger partial charge is 0.0769 e. The van der Waals surface area contributed by atoms with E-state index in [9.17, 15) is 0 Å². The van der Waals surface area contributed by atoms with Crippen molar-refractivity contribution in [1.29, 1.82) is 0 Å². The zero-order valence-electron chi connectivity index (χ0n) is 5.17. The summed E-state index contributed by atoms with van der Waals surface area (Å²) in [7, 11) is 0. The molecule has 1 aliphatic rings. The van der Waals surface area contributed by atoms with Crippen molar-refractivity contribution >= 4 is 24.8 Å². The molecular formula is C5H13Cl2NO. The van der Waals surface area contributed by atoms with E-state index in [2.05, 4.69) is 0 Å². The van der Waals surface area contributed by atoms with Crippen LogP contribution in [0.5, 0.6) is 0 Å². The summed E-state index contributed by atoms with van der Waals surface area (Å²) in [6.07, 6.45) is 2.96. The minimum atomic E-state index is -0.458. The van der Waals surface area contributed by atoms with Gasteiger partial charge in [0.05, 0.1) is 5.60 Å². The molecule has 0 radical (unpaired) electrons. The summed E-state index contributed by atoms with van der Waals surface area (Å²) < 4.78 is 0. The molecule has 2 nitrogen and oxygen atoms in total. The third-order valence-electron chi connectivity index (χ3n) is 1.66. The molecule has 0 aromatic carbocycles. The van der Waals surface area contributed by atoms with Crippen LogP contribution in [0.15, 0.2) is 0 Å². The molecule has 0 aromatic rings. The van der Waals surface area contributed by atoms with E-state index in [0.717, 1.165) is 19.3 Å². The highest BCUT2D eigenvalue weighted by Crippen LogP contribution is 2.29. The van der Waals surface area contributed by atoms with Crippen molar-refractivity contribution in [1.82, 2.24) is 0 Å². The van der Waals surface area contributed by atoms with Gasteiger partial charge in [-0.15, -0.1) is 24.8 Å². The molecule has 0 heterocycles. The number of rotatable bonds is 1. The second-order valence-electron chi connectivity index (χ2n) is 2.28. The van der Waals surface area contributed by atoms with Gasteiger partial charge in [0.2, 0.25) is 0 Å². The van der Waals surface area contributed by atoms with Crippen molar-refractivity contribution in [3.05, 3.63) is 0 Å². The first-order valence-electron chi connectivity index (χ1n) is 2.69. The fourth-order valence-electron chi connectivity index (χ4n) is 0.789. The van der Waals surface area contributed by atoms with Gasteiger partial charge in [0, 0.05) is 6.54 Å². The summed E-state index contributed by atoms with van der Waals surface area (Å²) in [5, 5.41) is 9.09. The van der Waals surface area contributed by atoms with E-state index in [1.54, 1.807) is 0 Å². The summed E-state index contributed by atoms with van der Waals surface area (Å²) in [6.45, 7) is 0.438. The Kier molecular flexibility index (Phi) is 5.88. The molecule has 1 aliphatic carbocycles. The summed E-state index contributed by atoms with van der Waals surface area (Å²) in [5.41, 5.74) is 4.76. The van der Waals surface area contributed by atoms with Crippen LogP contribution in [0.3, 0.4) is 0 Å². The second-order valence-corrected chi connectivity index (χ2v) is 2.28. The Hall–Kier alpha value is 0.500. The van der Waals surface area contributed by atoms with Crippen LogP contribution in [-0.4, -0.2) is 17.3 Å². The number of hydrogen-bond acceptors (Lipinski definition) is 2. The molecule has 1 saturated carbocycles. The van der Waals surface area contributed by atoms with Crippen LogP contribution in [-0.2, 0) is 0 Å². The average molecular weight is 174 g/mol. The topological polar surface area (TPSA) is 46.2 Å². The Balaban J connectivity index is 0. The van der Waals surface area contributed by atoms with Crippen molar-refractivity contribution in [2.24, 2.45) is 5.73 Å². The van der Waals surface area contributed by atoms with Crippen LogP contribution in [0.4, 0.5) is 0 Å². The minimum absolute atomic E-state index is 0. The molecule has 58 valence electrons. The highest BCUT2D eigenvalue weighted by atomic mass is 35.5. The first-order chi connectivity index (χ1) is 3.27. The van der Waals surface area contributed by atoms with Crippen LogP contribution in [0.2, 0.25) is 0 Å². The minimum Gasteiger partial charge on any atom is -0.389 e. The van der Waals surface area contributed by atoms with Crippen molar-refractivity contribution in [2.75, 3.05) is 6.54 Å². The molecule has 0 aliphatic heterocycles. The quantitative estimate of drug-likeness (QED) is 0.614. The van der Waals surface area contributed by atoms with Crippen molar-refractivity contribution in [3.8, 4) is 0 Å². The Labute approximate surface area is 67.6 Å². The Morgan fingerprint density at radius 1 is 1.33 bits per heavy atom. The van der Waals surface area contributed by atoms with Crippen LogP contribution in [0, 0.1) is 0 Å². The van der Waals surface area contributed by atoms with Gasteiger partial charge >= 0.3 is 0 Å². The third-order valence-corrected chi connectivity index (χ3v) is 1.66. The third kappa shape index (κ3) is 2.72. The van der Waals surface area contributed by atoms with E-state index in [0.29, 0.717) is 6.54 Å². The molecule has 0 unspecified atom stereocenters. The molecule has 0 bridgehead atoms. The molecule has 4 heteroatoms. The molecule has 1 rings (SSSR count). The Morgan fingerprint density at radius 3 is 1.78 bits per heavy atom. The first kappa shape index (κ1) is 12.2. The molecule has 0 amide bonds. The van der Waals surface area contributed by atoms with Gasteiger partial charge in [-0.1, -0.05) is 0 Å². The van der Waals surface area contributed by atoms with Gasteiger partial charge in [-0.25, -0.2) is 0 Å². The predicted octanol–water partition coefficient (Wildman–Crippen LogP) is 0.704. The normalized spacial score (nSPS) is 20.7. The lowest BCUT2D eigenvalue weighted by Gasteiger charge is -2.34. The molecule has 1 fully saturated rings. The summed E-state index contributed by atoms with van der Waals surface area (Å²) in [6, 6.07) is 0. The summed E-state index contributed by atoms with van der Waals surface area (Å²) >= 11 is 0. The fraction of sp³-hybridized carbons (Fsp3) is 1.00. The maximum absolute atomic E-state index is 9.09. The zero-order chi connectivity index (χ0) is 5.33. The lowest BCUT2D eigenvalue weighted by atomic mass is 9.81. The molecule has 0 spiro atoms. The average Bonchev–Trinajstić information content (AvgIpc) is 1.61. The van der Waals surface area contributed by atoms with Crippen molar-refractivity contribution in [3.63, 3.8) is 0 Å². The Morgan fingerprint density at radius 2 is 1.78 bits per heavy atom. The van der Waals surface area contributed by atoms with E-state index in [1.807, 2.05) is 0 Å². The fourth-order valence-corrected chi connectivity index (χ4v) is 0.789. The summed E-state index contributed by atoms with van der Waals surface area (Å²) in [4.78, 5) is 0. The maximum atomic E-state index is 9.09. The van der Waals surface area contributed by atoms with Gasteiger partial charge < -0.3 is 10.8 Å². The number of aliphatic hydroxyl groups is 1. The summed E-state index contributed by atoms with van der Waals surface area (Å²) in [5.74, 6) is 0. The van der Waals surface area contributed by atoms with Gasteiger partial charge in [-0.2, -0.15) is 0 Å². The highest BCUT2D eigenvalue weighted by molar-refractivity contribution is 5.85. The van der Waals surface area contributed by atoms with Gasteiger partial charge in [0.25, 0.3) is 0 Å². The second kappa shape index (κ2) is 4.34. The zero-order valence-corrected chi connectivity index (χ0v) is 6.80. The van der Waals surface area contributed by atoms with E-state index >= 15 is 0 Å². The largest absolute Gasteiger partial charge is 0.389 e. The van der Waals surface area contributed by atoms with Crippen molar-refractivity contribution in [2.45, 2.75) is 24.9 Å². The number of nitrogens with two attached hydrogens (primary N) is 1. The van der Waals surface area contributed by atoms with Gasteiger partial charge in [0.1, 0.15) is 0 Å². The highest BCUT2D eigenvalue weighted by Gasteiger charge is 2.32. The first-order valence-corrected chi connectivity index (χ1v) is 2.69. The molecule has 0 saturated heterocycles. The van der Waals surface area contributed by atoms with Gasteiger partial charge in [-0.3, -0.25) is 0 Å². The molecule has 3 N–H and O–H groups in total. The lowest BCUT2D eigenvalue weighted by molar-refractivity contribution is -0.0240. The number of halogens is 2. The molecule has 9 heavy (non-hydrogen) atoms. The van der Waals surface area contributed by atoms with Gasteiger partial charge in [-0.05, 0) is 19.3 Å². The SMILES string of the molecule is Cl.Cl.NCC1(O)CCC1. The molecule has 0 aromatic heterocycles. The van der Waals surface area contributed by atoms with Crippen LogP contribution in [0.1, 0.15) is 19.3 Å². The van der Waals surface area contributed by atoms with E-state index in [1.165, 1.54) is 0 Å². The van der Waals surface area contributed by atoms with Crippen molar-refractivity contribution < 1.29 is 5.11 Å². The van der Waals surface area contributed by atoms with E-state index < -0.39 is 5.60 Å². The molecule has 0 atom stereocenters. The van der Waals surface area contributed by atoms with Gasteiger partial charge in [0.15, 0.2) is 0 Å². The lowest BCUT2D eigenvalue weighted by Crippen LogP contribution is -2.43. The maximum Gasteiger partial charge on any atom is 0.0769 e. The predicted molar refractivity (Wildman–Crippen MR) is 42.4 cm³/mol. The van der Waals surface area contributed by atoms with E-state index in [4.69, 9.17) is 10.8 Å². The van der Waals surface area contributed by atoms with Crippen LogP contribution in [0.25, 0.3) is 0 Å². The van der Waals surface area contributed by atoms with Crippen LogP contribution < -0.4 is 5.73 Å². The monoisotopic (exact) mass is 173 g/mol. The van der Waals surface area contributed by atoms with E-state index in [-0.39, 0.29) is 24.8 Å².